The molecule has 0 aliphatic rings. The molecule has 1 aromatic heterocycles. The van der Waals surface area contributed by atoms with Crippen molar-refractivity contribution in [1.29, 1.82) is 0 Å². The Balaban J connectivity index is 2.11. The molecule has 98 valence electrons. The molecule has 2 aromatic rings. The van der Waals surface area contributed by atoms with E-state index >= 15 is 0 Å². The van der Waals surface area contributed by atoms with Crippen molar-refractivity contribution in [3.63, 3.8) is 0 Å². The van der Waals surface area contributed by atoms with Crippen LogP contribution in [0.15, 0.2) is 58.2 Å². The first-order chi connectivity index (χ1) is 9.31. The van der Waals surface area contributed by atoms with Crippen LogP contribution in [0.4, 0.5) is 0 Å². The summed E-state index contributed by atoms with van der Waals surface area (Å²) in [6.07, 6.45) is 1.43. The van der Waals surface area contributed by atoms with E-state index in [1.165, 1.54) is 6.26 Å². The van der Waals surface area contributed by atoms with Crippen LogP contribution in [0.1, 0.15) is 23.0 Å². The lowest BCUT2D eigenvalue weighted by Gasteiger charge is -2.07. The summed E-state index contributed by atoms with van der Waals surface area (Å²) in [7, 11) is 0. The SMILES string of the molecule is CCO/C(=N\NC(=O)c1ccco1)c1ccccc1. The highest BCUT2D eigenvalue weighted by atomic mass is 16.5. The molecule has 0 fully saturated rings. The number of furan rings is 1. The Hall–Kier alpha value is -2.56. The van der Waals surface area contributed by atoms with Crippen molar-refractivity contribution in [2.75, 3.05) is 6.61 Å². The van der Waals surface area contributed by atoms with Crippen molar-refractivity contribution in [3.05, 3.63) is 60.1 Å². The summed E-state index contributed by atoms with van der Waals surface area (Å²) in [6, 6.07) is 12.6. The maximum Gasteiger partial charge on any atom is 0.307 e. The van der Waals surface area contributed by atoms with Crippen LogP contribution in [-0.2, 0) is 4.74 Å². The van der Waals surface area contributed by atoms with Gasteiger partial charge in [-0.2, -0.15) is 0 Å². The molecule has 1 heterocycles. The molecule has 5 nitrogen and oxygen atoms in total. The van der Waals surface area contributed by atoms with E-state index in [9.17, 15) is 4.79 Å². The Morgan fingerprint density at radius 1 is 1.26 bits per heavy atom. The van der Waals surface area contributed by atoms with Crippen molar-refractivity contribution >= 4 is 11.8 Å². The van der Waals surface area contributed by atoms with E-state index < -0.39 is 5.91 Å². The Bertz CT molecular complexity index is 547. The van der Waals surface area contributed by atoms with Crippen molar-refractivity contribution in [2.45, 2.75) is 6.92 Å². The second-order valence-electron chi connectivity index (χ2n) is 3.63. The predicted molar refractivity (Wildman–Crippen MR) is 70.8 cm³/mol. The van der Waals surface area contributed by atoms with Gasteiger partial charge in [-0.15, -0.1) is 5.10 Å². The molecule has 0 saturated carbocycles. The van der Waals surface area contributed by atoms with Crippen molar-refractivity contribution in [1.82, 2.24) is 5.43 Å². The van der Waals surface area contributed by atoms with Gasteiger partial charge in [0, 0.05) is 5.56 Å². The quantitative estimate of drug-likeness (QED) is 0.520. The number of ether oxygens (including phenoxy) is 1. The van der Waals surface area contributed by atoms with E-state index in [1.54, 1.807) is 12.1 Å². The Labute approximate surface area is 110 Å². The third kappa shape index (κ3) is 3.45. The van der Waals surface area contributed by atoms with Gasteiger partial charge in [0.05, 0.1) is 12.9 Å². The van der Waals surface area contributed by atoms with Crippen LogP contribution in [0.2, 0.25) is 0 Å². The van der Waals surface area contributed by atoms with Crippen LogP contribution < -0.4 is 5.43 Å². The number of hydrogen-bond donors (Lipinski definition) is 1. The second-order valence-corrected chi connectivity index (χ2v) is 3.63. The van der Waals surface area contributed by atoms with Crippen molar-refractivity contribution < 1.29 is 13.9 Å². The van der Waals surface area contributed by atoms with Gasteiger partial charge < -0.3 is 9.15 Å². The molecular formula is C14H14N2O3. The molecule has 1 N–H and O–H groups in total. The fraction of sp³-hybridized carbons (Fsp3) is 0.143. The molecule has 0 saturated heterocycles. The van der Waals surface area contributed by atoms with E-state index in [-0.39, 0.29) is 5.76 Å². The minimum Gasteiger partial charge on any atom is -0.477 e. The molecule has 19 heavy (non-hydrogen) atoms. The summed E-state index contributed by atoms with van der Waals surface area (Å²) in [5.74, 6) is 0.147. The zero-order valence-corrected chi connectivity index (χ0v) is 10.5. The van der Waals surface area contributed by atoms with Gasteiger partial charge in [-0.1, -0.05) is 18.2 Å². The minimum absolute atomic E-state index is 0.202. The molecule has 2 rings (SSSR count). The Morgan fingerprint density at radius 3 is 2.68 bits per heavy atom. The highest BCUT2D eigenvalue weighted by molar-refractivity contribution is 5.96. The van der Waals surface area contributed by atoms with E-state index in [4.69, 9.17) is 9.15 Å². The lowest BCUT2D eigenvalue weighted by Crippen LogP contribution is -2.20. The Kier molecular flexibility index (Phi) is 4.34. The van der Waals surface area contributed by atoms with Crippen LogP contribution in [0.3, 0.4) is 0 Å². The normalized spacial score (nSPS) is 11.1. The first-order valence-electron chi connectivity index (χ1n) is 5.91. The largest absolute Gasteiger partial charge is 0.477 e. The lowest BCUT2D eigenvalue weighted by atomic mass is 10.2. The average molecular weight is 258 g/mol. The first-order valence-corrected chi connectivity index (χ1v) is 5.91. The molecule has 0 atom stereocenters. The highest BCUT2D eigenvalue weighted by Gasteiger charge is 2.09. The fourth-order valence-corrected chi connectivity index (χ4v) is 1.46. The van der Waals surface area contributed by atoms with Gasteiger partial charge in [0.15, 0.2) is 5.76 Å². The van der Waals surface area contributed by atoms with Gasteiger partial charge in [0.2, 0.25) is 5.90 Å². The van der Waals surface area contributed by atoms with Gasteiger partial charge in [0.25, 0.3) is 0 Å². The van der Waals surface area contributed by atoms with Gasteiger partial charge in [-0.3, -0.25) is 4.79 Å². The zero-order chi connectivity index (χ0) is 13.5. The number of rotatable bonds is 4. The maximum atomic E-state index is 11.7. The molecule has 0 spiro atoms. The van der Waals surface area contributed by atoms with Gasteiger partial charge in [-0.25, -0.2) is 5.43 Å². The van der Waals surface area contributed by atoms with Crippen LogP contribution in [0.25, 0.3) is 0 Å². The molecule has 5 heteroatoms. The summed E-state index contributed by atoms with van der Waals surface area (Å²) in [4.78, 5) is 11.7. The van der Waals surface area contributed by atoms with Crippen LogP contribution >= 0.6 is 0 Å². The third-order valence-corrected chi connectivity index (χ3v) is 2.31. The standard InChI is InChI=1S/C14H14N2O3/c1-2-18-14(11-7-4-3-5-8-11)16-15-13(17)12-9-6-10-19-12/h3-10H,2H2,1H3,(H,15,17)/b16-14-. The summed E-state index contributed by atoms with van der Waals surface area (Å²) in [5, 5.41) is 3.97. The number of nitrogens with zero attached hydrogens (tertiary/aromatic N) is 1. The second kappa shape index (κ2) is 6.39. The summed E-state index contributed by atoms with van der Waals surface area (Å²) in [5.41, 5.74) is 3.19. The summed E-state index contributed by atoms with van der Waals surface area (Å²) in [6.45, 7) is 2.32. The molecule has 1 amide bonds. The number of carbonyl (C=O) groups is 1. The third-order valence-electron chi connectivity index (χ3n) is 2.31. The number of hydrogen-bond acceptors (Lipinski definition) is 4. The lowest BCUT2D eigenvalue weighted by molar-refractivity contribution is 0.0925. The zero-order valence-electron chi connectivity index (χ0n) is 10.5. The van der Waals surface area contributed by atoms with E-state index in [2.05, 4.69) is 10.5 Å². The van der Waals surface area contributed by atoms with Crippen LogP contribution in [0.5, 0.6) is 0 Å². The minimum atomic E-state index is -0.418. The average Bonchev–Trinajstić information content (AvgIpc) is 2.98. The van der Waals surface area contributed by atoms with Gasteiger partial charge in [-0.05, 0) is 31.2 Å². The van der Waals surface area contributed by atoms with E-state index in [0.717, 1.165) is 5.56 Å². The number of benzene rings is 1. The van der Waals surface area contributed by atoms with Crippen molar-refractivity contribution in [3.8, 4) is 0 Å². The van der Waals surface area contributed by atoms with Gasteiger partial charge in [0.1, 0.15) is 0 Å². The molecule has 0 radical (unpaired) electrons. The number of nitrogens with one attached hydrogen (secondary N) is 1. The number of amides is 1. The smallest absolute Gasteiger partial charge is 0.307 e. The number of carbonyl (C=O) groups excluding carboxylic acids is 1. The van der Waals surface area contributed by atoms with Crippen LogP contribution in [-0.4, -0.2) is 18.4 Å². The molecule has 0 aliphatic carbocycles. The highest BCUT2D eigenvalue weighted by Crippen LogP contribution is 2.03. The molecule has 0 unspecified atom stereocenters. The number of hydrazone groups is 1. The first kappa shape index (κ1) is 12.9. The molecule has 1 aromatic carbocycles. The monoisotopic (exact) mass is 258 g/mol. The summed E-state index contributed by atoms with van der Waals surface area (Å²) >= 11 is 0. The molecule has 0 bridgehead atoms. The van der Waals surface area contributed by atoms with E-state index in [1.807, 2.05) is 37.3 Å². The Morgan fingerprint density at radius 2 is 2.05 bits per heavy atom. The van der Waals surface area contributed by atoms with Crippen LogP contribution in [0, 0.1) is 0 Å². The topological polar surface area (TPSA) is 63.8 Å². The summed E-state index contributed by atoms with van der Waals surface area (Å²) < 4.78 is 10.4. The fourth-order valence-electron chi connectivity index (χ4n) is 1.46. The van der Waals surface area contributed by atoms with Gasteiger partial charge >= 0.3 is 5.91 Å². The molecular weight excluding hydrogens is 244 g/mol. The molecule has 0 aliphatic heterocycles. The maximum absolute atomic E-state index is 11.7. The predicted octanol–water partition coefficient (Wildman–Crippen LogP) is 2.41. The van der Waals surface area contributed by atoms with E-state index in [0.29, 0.717) is 12.5 Å². The van der Waals surface area contributed by atoms with Crippen molar-refractivity contribution in [2.24, 2.45) is 5.10 Å².